The third-order valence-electron chi connectivity index (χ3n) is 3.64. The van der Waals surface area contributed by atoms with Crippen LogP contribution < -0.4 is 5.32 Å². The summed E-state index contributed by atoms with van der Waals surface area (Å²) in [4.78, 5) is 1.29. The molecule has 2 aromatic rings. The van der Waals surface area contributed by atoms with Gasteiger partial charge >= 0.3 is 0 Å². The van der Waals surface area contributed by atoms with Crippen LogP contribution in [-0.4, -0.2) is 12.6 Å². The molecule has 0 saturated heterocycles. The summed E-state index contributed by atoms with van der Waals surface area (Å²) < 4.78 is 15.2. The lowest BCUT2D eigenvalue weighted by atomic mass is 9.94. The van der Waals surface area contributed by atoms with E-state index in [0.717, 1.165) is 23.0 Å². The zero-order valence-corrected chi connectivity index (χ0v) is 13.5. The van der Waals surface area contributed by atoms with Crippen LogP contribution in [0, 0.1) is 5.82 Å². The molecule has 1 atom stereocenters. The Morgan fingerprint density at radius 2 is 2.15 bits per heavy atom. The van der Waals surface area contributed by atoms with Gasteiger partial charge in [-0.3, -0.25) is 0 Å². The molecule has 0 aliphatic heterocycles. The summed E-state index contributed by atoms with van der Waals surface area (Å²) in [5, 5.41) is 5.62. The van der Waals surface area contributed by atoms with Gasteiger partial charge in [0, 0.05) is 33.2 Å². The van der Waals surface area contributed by atoms with E-state index in [4.69, 9.17) is 0 Å². The zero-order chi connectivity index (χ0) is 13.9. The van der Waals surface area contributed by atoms with Gasteiger partial charge in [-0.25, -0.2) is 4.39 Å². The molecular formula is C16H17BrFNS. The van der Waals surface area contributed by atoms with Crippen LogP contribution in [0.5, 0.6) is 0 Å². The third kappa shape index (κ3) is 3.68. The van der Waals surface area contributed by atoms with Gasteiger partial charge in [-0.05, 0) is 52.9 Å². The van der Waals surface area contributed by atoms with E-state index in [1.165, 1.54) is 17.7 Å². The van der Waals surface area contributed by atoms with Gasteiger partial charge in [0.15, 0.2) is 0 Å². The Morgan fingerprint density at radius 1 is 1.35 bits per heavy atom. The van der Waals surface area contributed by atoms with Crippen molar-refractivity contribution in [3.8, 4) is 0 Å². The summed E-state index contributed by atoms with van der Waals surface area (Å²) in [5.41, 5.74) is 0.824. The van der Waals surface area contributed by atoms with E-state index in [9.17, 15) is 4.39 Å². The maximum absolute atomic E-state index is 14.1. The van der Waals surface area contributed by atoms with E-state index in [1.54, 1.807) is 23.5 Å². The standard InChI is InChI=1S/C16H17BrFNS/c17-12-8-14(20-10-12)7-11(9-19-13-5-6-13)15-3-1-2-4-16(15)18/h1-4,8,10-11,13,19H,5-7,9H2. The third-order valence-corrected chi connectivity index (χ3v) is 5.36. The van der Waals surface area contributed by atoms with Gasteiger partial charge in [-0.2, -0.15) is 0 Å². The Hall–Kier alpha value is -0.710. The van der Waals surface area contributed by atoms with Crippen LogP contribution in [0.3, 0.4) is 0 Å². The van der Waals surface area contributed by atoms with Crippen molar-refractivity contribution in [2.24, 2.45) is 0 Å². The van der Waals surface area contributed by atoms with Gasteiger partial charge in [0.05, 0.1) is 0 Å². The predicted octanol–water partition coefficient (Wildman–Crippen LogP) is 4.73. The first-order valence-electron chi connectivity index (χ1n) is 6.93. The normalized spacial score (nSPS) is 16.3. The van der Waals surface area contributed by atoms with Crippen molar-refractivity contribution in [2.45, 2.75) is 31.2 Å². The van der Waals surface area contributed by atoms with Crippen molar-refractivity contribution in [1.82, 2.24) is 5.32 Å². The van der Waals surface area contributed by atoms with E-state index in [0.29, 0.717) is 6.04 Å². The monoisotopic (exact) mass is 353 g/mol. The molecule has 20 heavy (non-hydrogen) atoms. The minimum absolute atomic E-state index is 0.0919. The maximum atomic E-state index is 14.1. The van der Waals surface area contributed by atoms with Gasteiger partial charge < -0.3 is 5.32 Å². The lowest BCUT2D eigenvalue weighted by Gasteiger charge is -2.18. The van der Waals surface area contributed by atoms with E-state index in [-0.39, 0.29) is 11.7 Å². The fourth-order valence-electron chi connectivity index (χ4n) is 2.40. The highest BCUT2D eigenvalue weighted by Gasteiger charge is 2.24. The SMILES string of the molecule is Fc1ccccc1C(CNC1CC1)Cc1cc(Br)cs1. The minimum Gasteiger partial charge on any atom is -0.313 e. The number of halogens is 2. The highest BCUT2D eigenvalue weighted by molar-refractivity contribution is 9.10. The first kappa shape index (κ1) is 14.2. The summed E-state index contributed by atoms with van der Waals surface area (Å²) in [5.74, 6) is 0.105. The topological polar surface area (TPSA) is 12.0 Å². The molecule has 4 heteroatoms. The van der Waals surface area contributed by atoms with Gasteiger partial charge in [-0.1, -0.05) is 18.2 Å². The van der Waals surface area contributed by atoms with Crippen LogP contribution in [0.2, 0.25) is 0 Å². The van der Waals surface area contributed by atoms with E-state index < -0.39 is 0 Å². The smallest absolute Gasteiger partial charge is 0.126 e. The van der Waals surface area contributed by atoms with E-state index in [2.05, 4.69) is 32.7 Å². The molecule has 0 radical (unpaired) electrons. The van der Waals surface area contributed by atoms with Crippen molar-refractivity contribution in [1.29, 1.82) is 0 Å². The molecule has 0 spiro atoms. The molecule has 106 valence electrons. The predicted molar refractivity (Wildman–Crippen MR) is 85.9 cm³/mol. The van der Waals surface area contributed by atoms with Gasteiger partial charge in [0.1, 0.15) is 5.82 Å². The van der Waals surface area contributed by atoms with Crippen molar-refractivity contribution < 1.29 is 4.39 Å². The fourth-order valence-corrected chi connectivity index (χ4v) is 3.93. The van der Waals surface area contributed by atoms with Crippen LogP contribution in [-0.2, 0) is 6.42 Å². The van der Waals surface area contributed by atoms with E-state index in [1.807, 2.05) is 12.1 Å². The average Bonchev–Trinajstić information content (AvgIpc) is 3.18. The lowest BCUT2D eigenvalue weighted by Crippen LogP contribution is -2.25. The Kier molecular flexibility index (Phi) is 4.54. The first-order chi connectivity index (χ1) is 9.72. The summed E-state index contributed by atoms with van der Waals surface area (Å²) in [6.07, 6.45) is 3.40. The van der Waals surface area contributed by atoms with Crippen molar-refractivity contribution in [3.63, 3.8) is 0 Å². The second-order valence-electron chi connectivity index (χ2n) is 5.34. The van der Waals surface area contributed by atoms with Crippen molar-refractivity contribution in [3.05, 3.63) is 56.4 Å². The highest BCUT2D eigenvalue weighted by atomic mass is 79.9. The largest absolute Gasteiger partial charge is 0.313 e. The molecule has 0 bridgehead atoms. The quantitative estimate of drug-likeness (QED) is 0.791. The fraction of sp³-hybridized carbons (Fsp3) is 0.375. The van der Waals surface area contributed by atoms with Gasteiger partial charge in [0.25, 0.3) is 0 Å². The first-order valence-corrected chi connectivity index (χ1v) is 8.60. The maximum Gasteiger partial charge on any atom is 0.126 e. The molecule has 1 nitrogen and oxygen atoms in total. The van der Waals surface area contributed by atoms with Crippen molar-refractivity contribution in [2.75, 3.05) is 6.54 Å². The molecule has 3 rings (SSSR count). The zero-order valence-electron chi connectivity index (χ0n) is 11.1. The Labute approximate surface area is 131 Å². The summed E-state index contributed by atoms with van der Waals surface area (Å²) in [6.45, 7) is 0.848. The molecule has 1 aromatic carbocycles. The molecule has 1 N–H and O–H groups in total. The Bertz CT molecular complexity index is 579. The van der Waals surface area contributed by atoms with Crippen LogP contribution in [0.1, 0.15) is 29.2 Å². The molecule has 1 heterocycles. The number of hydrogen-bond acceptors (Lipinski definition) is 2. The number of hydrogen-bond donors (Lipinski definition) is 1. The van der Waals surface area contributed by atoms with Crippen LogP contribution >= 0.6 is 27.3 Å². The highest BCUT2D eigenvalue weighted by Crippen LogP contribution is 2.29. The second kappa shape index (κ2) is 6.37. The number of thiophene rings is 1. The molecule has 1 unspecified atom stereocenters. The average molecular weight is 354 g/mol. The molecule has 0 amide bonds. The molecule has 1 aliphatic rings. The van der Waals surface area contributed by atoms with Gasteiger partial charge in [0.2, 0.25) is 0 Å². The number of rotatable bonds is 6. The number of benzene rings is 1. The van der Waals surface area contributed by atoms with Crippen LogP contribution in [0.25, 0.3) is 0 Å². The minimum atomic E-state index is -0.0919. The second-order valence-corrected chi connectivity index (χ2v) is 7.25. The molecule has 1 fully saturated rings. The van der Waals surface area contributed by atoms with E-state index >= 15 is 0 Å². The lowest BCUT2D eigenvalue weighted by molar-refractivity contribution is 0.537. The summed E-state index contributed by atoms with van der Waals surface area (Å²) in [6, 6.07) is 9.94. The molecule has 1 saturated carbocycles. The molecular weight excluding hydrogens is 337 g/mol. The van der Waals surface area contributed by atoms with Gasteiger partial charge in [-0.15, -0.1) is 11.3 Å². The summed E-state index contributed by atoms with van der Waals surface area (Å²) in [7, 11) is 0. The van der Waals surface area contributed by atoms with Crippen molar-refractivity contribution >= 4 is 27.3 Å². The Morgan fingerprint density at radius 3 is 2.80 bits per heavy atom. The number of nitrogens with one attached hydrogen (secondary N) is 1. The van der Waals surface area contributed by atoms with Crippen LogP contribution in [0.15, 0.2) is 40.2 Å². The van der Waals surface area contributed by atoms with Crippen LogP contribution in [0.4, 0.5) is 4.39 Å². The summed E-state index contributed by atoms with van der Waals surface area (Å²) >= 11 is 5.22. The Balaban J connectivity index is 1.77. The molecule has 1 aliphatic carbocycles. The molecule has 1 aromatic heterocycles.